The highest BCUT2D eigenvalue weighted by atomic mass is 35.5. The van der Waals surface area contributed by atoms with Crippen LogP contribution >= 0.6 is 11.6 Å². The molecule has 7 rings (SSSR count). The molecule has 2 aromatic heterocycles. The molecule has 3 aliphatic rings. The van der Waals surface area contributed by atoms with Crippen LogP contribution in [0.25, 0.3) is 32.9 Å². The van der Waals surface area contributed by atoms with Crippen molar-refractivity contribution in [3.63, 3.8) is 0 Å². The normalized spacial score (nSPS) is 20.3. The summed E-state index contributed by atoms with van der Waals surface area (Å²) in [5.41, 5.74) is 3.49. The van der Waals surface area contributed by atoms with Gasteiger partial charge in [0, 0.05) is 67.0 Å². The number of likely N-dealkylation sites (tertiary alicyclic amines) is 1. The summed E-state index contributed by atoms with van der Waals surface area (Å²) in [5, 5.41) is 9.05. The van der Waals surface area contributed by atoms with E-state index in [4.69, 9.17) is 31.0 Å². The molecular formula is C33H36ClF2N7O3. The molecule has 46 heavy (non-hydrogen) atoms. The van der Waals surface area contributed by atoms with Crippen LogP contribution in [-0.4, -0.2) is 100 Å². The van der Waals surface area contributed by atoms with Crippen LogP contribution in [0.4, 0.5) is 14.6 Å². The fraction of sp³-hybridized carbons (Fsp3) is 0.455. The smallest absolute Gasteiger partial charge is 0.319 e. The minimum absolute atomic E-state index is 0.124. The molecule has 10 nitrogen and oxygen atoms in total. The Kier molecular flexibility index (Phi) is 7.96. The first-order valence-electron chi connectivity index (χ1n) is 15.6. The van der Waals surface area contributed by atoms with Crippen molar-refractivity contribution < 1.29 is 23.0 Å². The maximum Gasteiger partial charge on any atom is 0.319 e. The second-order valence-corrected chi connectivity index (χ2v) is 12.9. The number of carbonyl (C=O) groups excluding carboxylic acids is 1. The topological polar surface area (TPSA) is 99.7 Å². The van der Waals surface area contributed by atoms with Gasteiger partial charge in [0.25, 0.3) is 5.92 Å². The Morgan fingerprint density at radius 2 is 1.93 bits per heavy atom. The van der Waals surface area contributed by atoms with Gasteiger partial charge >= 0.3 is 6.01 Å². The summed E-state index contributed by atoms with van der Waals surface area (Å²) in [7, 11) is 2.07. The summed E-state index contributed by atoms with van der Waals surface area (Å²) in [6, 6.07) is 6.11. The number of rotatable bonds is 8. The molecule has 2 saturated heterocycles. The zero-order chi connectivity index (χ0) is 32.2. The van der Waals surface area contributed by atoms with E-state index in [1.54, 1.807) is 11.1 Å². The van der Waals surface area contributed by atoms with Crippen molar-refractivity contribution in [2.75, 3.05) is 51.3 Å². The molecule has 13 heteroatoms. The van der Waals surface area contributed by atoms with Crippen molar-refractivity contribution in [1.82, 2.24) is 30.0 Å². The molecule has 0 radical (unpaired) electrons. The highest BCUT2D eigenvalue weighted by Crippen LogP contribution is 2.50. The maximum absolute atomic E-state index is 14.1. The maximum atomic E-state index is 14.1. The number of hydrogen-bond acceptors (Lipinski definition) is 8. The van der Waals surface area contributed by atoms with Crippen LogP contribution in [0.2, 0.25) is 5.02 Å². The molecule has 0 bridgehead atoms. The highest BCUT2D eigenvalue weighted by Gasteiger charge is 2.47. The second-order valence-electron chi connectivity index (χ2n) is 12.5. The molecule has 1 amide bonds. The third-order valence-corrected chi connectivity index (χ3v) is 9.72. The van der Waals surface area contributed by atoms with Gasteiger partial charge in [0.05, 0.1) is 16.7 Å². The summed E-state index contributed by atoms with van der Waals surface area (Å²) in [6.45, 7) is 8.96. The highest BCUT2D eigenvalue weighted by molar-refractivity contribution is 6.35. The quantitative estimate of drug-likeness (QED) is 0.245. The molecule has 4 aromatic rings. The fourth-order valence-corrected chi connectivity index (χ4v) is 7.06. The van der Waals surface area contributed by atoms with Crippen LogP contribution in [0.15, 0.2) is 37.1 Å². The molecule has 1 aliphatic carbocycles. The number of alkyl halides is 2. The lowest BCUT2D eigenvalue weighted by molar-refractivity contribution is -0.134. The summed E-state index contributed by atoms with van der Waals surface area (Å²) < 4.78 is 40.9. The Morgan fingerprint density at radius 3 is 2.63 bits per heavy atom. The Hall–Kier alpha value is -4.03. The number of likely N-dealkylation sites (N-methyl/N-ethyl adjacent to an activating group) is 1. The number of piperazine rings is 1. The van der Waals surface area contributed by atoms with E-state index in [-0.39, 0.29) is 18.0 Å². The Labute approximate surface area is 270 Å². The molecule has 3 fully saturated rings. The van der Waals surface area contributed by atoms with E-state index in [9.17, 15) is 13.6 Å². The first-order chi connectivity index (χ1) is 22.1. The number of carbonyl (C=O) groups is 1. The number of ether oxygens (including phenoxy) is 2. The van der Waals surface area contributed by atoms with Crippen molar-refractivity contribution in [2.24, 2.45) is 0 Å². The van der Waals surface area contributed by atoms with E-state index in [1.165, 1.54) is 6.08 Å². The minimum atomic E-state index is -2.79. The minimum Gasteiger partial charge on any atom is -0.487 e. The van der Waals surface area contributed by atoms with Gasteiger partial charge in [-0.25, -0.2) is 8.78 Å². The number of anilines is 1. The van der Waals surface area contributed by atoms with Gasteiger partial charge in [-0.1, -0.05) is 24.2 Å². The van der Waals surface area contributed by atoms with E-state index in [1.807, 2.05) is 25.1 Å². The van der Waals surface area contributed by atoms with Crippen LogP contribution in [0, 0.1) is 6.92 Å². The van der Waals surface area contributed by atoms with Gasteiger partial charge in [-0.15, -0.1) is 0 Å². The lowest BCUT2D eigenvalue weighted by Gasteiger charge is -2.37. The Bertz CT molecular complexity index is 1820. The van der Waals surface area contributed by atoms with Gasteiger partial charge in [0.15, 0.2) is 5.75 Å². The molecule has 0 unspecified atom stereocenters. The number of nitrogens with zero attached hydrogens (tertiary/aromatic N) is 6. The third kappa shape index (κ3) is 5.62. The standard InChI is InChI=1S/C33H36ClF2N7O3/c1-4-26(44)42-10-12-43(13-11-42)31-22-14-24(34)28(27-19(2)7-8-25-23(27)17-37-40-25)30(46-21-15-33(35,36)16-21)29(22)38-32(39-31)45-18-20-6-5-9-41(20)3/h4,7-8,14,17,20-21H,1,5-6,9-13,15-16,18H2,2-3H3,(H,37,40)/t20-/m0/s1. The van der Waals surface area contributed by atoms with Crippen molar-refractivity contribution in [3.8, 4) is 22.9 Å². The first-order valence-corrected chi connectivity index (χ1v) is 16.0. The molecule has 4 heterocycles. The van der Waals surface area contributed by atoms with Gasteiger partial charge in [0.1, 0.15) is 24.0 Å². The van der Waals surface area contributed by atoms with E-state index >= 15 is 0 Å². The van der Waals surface area contributed by atoms with Crippen LogP contribution in [-0.2, 0) is 4.79 Å². The lowest BCUT2D eigenvalue weighted by Crippen LogP contribution is -2.48. The average Bonchev–Trinajstić information content (AvgIpc) is 3.68. The summed E-state index contributed by atoms with van der Waals surface area (Å²) >= 11 is 7.15. The molecule has 1 N–H and O–H groups in total. The zero-order valence-electron chi connectivity index (χ0n) is 25.9. The van der Waals surface area contributed by atoms with Crippen LogP contribution in [0.1, 0.15) is 31.2 Å². The predicted octanol–water partition coefficient (Wildman–Crippen LogP) is 5.62. The molecule has 1 saturated carbocycles. The van der Waals surface area contributed by atoms with E-state index in [2.05, 4.69) is 33.6 Å². The van der Waals surface area contributed by atoms with Crippen molar-refractivity contribution in [1.29, 1.82) is 0 Å². The number of aromatic amines is 1. The second kappa shape index (κ2) is 12.0. The van der Waals surface area contributed by atoms with Crippen molar-refractivity contribution in [2.45, 2.75) is 50.7 Å². The lowest BCUT2D eigenvalue weighted by atomic mass is 9.90. The van der Waals surface area contributed by atoms with E-state index in [0.29, 0.717) is 65.8 Å². The first kappa shape index (κ1) is 30.6. The molecular weight excluding hydrogens is 616 g/mol. The number of benzene rings is 2. The van der Waals surface area contributed by atoms with Crippen LogP contribution in [0.5, 0.6) is 11.8 Å². The number of aromatic nitrogens is 4. The average molecular weight is 652 g/mol. The number of fused-ring (bicyclic) bond motifs is 2. The number of aryl methyl sites for hydroxylation is 1. The monoisotopic (exact) mass is 651 g/mol. The molecule has 2 aliphatic heterocycles. The summed E-state index contributed by atoms with van der Waals surface area (Å²) in [5.74, 6) is -2.02. The fourth-order valence-electron chi connectivity index (χ4n) is 6.77. The number of amides is 1. The van der Waals surface area contributed by atoms with Crippen LogP contribution < -0.4 is 14.4 Å². The zero-order valence-corrected chi connectivity index (χ0v) is 26.6. The molecule has 0 spiro atoms. The molecule has 242 valence electrons. The molecule has 2 aromatic carbocycles. The third-order valence-electron chi connectivity index (χ3n) is 9.42. The van der Waals surface area contributed by atoms with Gasteiger partial charge in [-0.2, -0.15) is 15.1 Å². The SMILES string of the molecule is C=CC(=O)N1CCN(c2nc(OC[C@@H]3CCCN3C)nc3c(OC4CC(F)(F)C4)c(-c4c(C)ccc5[nH]ncc45)c(Cl)cc23)CC1. The van der Waals surface area contributed by atoms with Crippen LogP contribution in [0.3, 0.4) is 0 Å². The Morgan fingerprint density at radius 1 is 1.15 bits per heavy atom. The van der Waals surface area contributed by atoms with Crippen molar-refractivity contribution >= 4 is 45.1 Å². The van der Waals surface area contributed by atoms with Gasteiger partial charge in [0.2, 0.25) is 5.91 Å². The van der Waals surface area contributed by atoms with Crippen molar-refractivity contribution in [3.05, 3.63) is 47.6 Å². The number of hydrogen-bond donors (Lipinski definition) is 1. The molecule has 1 atom stereocenters. The van der Waals surface area contributed by atoms with Gasteiger partial charge in [-0.3, -0.25) is 9.89 Å². The number of H-pyrrole nitrogens is 1. The van der Waals surface area contributed by atoms with Gasteiger partial charge in [-0.05, 0) is 57.1 Å². The van der Waals surface area contributed by atoms with E-state index < -0.39 is 24.9 Å². The predicted molar refractivity (Wildman–Crippen MR) is 173 cm³/mol. The van der Waals surface area contributed by atoms with Gasteiger partial charge < -0.3 is 24.2 Å². The number of nitrogens with one attached hydrogen (secondary N) is 1. The number of halogens is 3. The Balaban J connectivity index is 1.40. The summed E-state index contributed by atoms with van der Waals surface area (Å²) in [4.78, 5) is 28.2. The largest absolute Gasteiger partial charge is 0.487 e. The van der Waals surface area contributed by atoms with E-state index in [0.717, 1.165) is 41.4 Å². The summed E-state index contributed by atoms with van der Waals surface area (Å²) in [6.07, 6.45) is 3.62.